The number of H-pyrrole nitrogens is 1. The van der Waals surface area contributed by atoms with Gasteiger partial charge in [-0.2, -0.15) is 0 Å². The molecule has 3 rings (SSSR count). The second-order valence-electron chi connectivity index (χ2n) is 4.98. The molecule has 1 aromatic carbocycles. The molecule has 0 saturated carbocycles. The highest BCUT2D eigenvalue weighted by Crippen LogP contribution is 2.22. The molecule has 3 aromatic rings. The summed E-state index contributed by atoms with van der Waals surface area (Å²) in [7, 11) is 0. The van der Waals surface area contributed by atoms with Crippen LogP contribution in [0.2, 0.25) is 5.15 Å². The number of benzene rings is 1. The minimum atomic E-state index is -0.491. The van der Waals surface area contributed by atoms with Crippen LogP contribution in [0.3, 0.4) is 0 Å². The van der Waals surface area contributed by atoms with Crippen molar-refractivity contribution in [3.63, 3.8) is 0 Å². The van der Waals surface area contributed by atoms with Gasteiger partial charge in [0.2, 0.25) is 5.91 Å². The van der Waals surface area contributed by atoms with Crippen LogP contribution in [0.4, 0.5) is 5.82 Å². The SMILES string of the molecule is NC(=O)c1cccc(CNc2nc(Cl)cc3cc[nH]c(=O)c23)c1. The van der Waals surface area contributed by atoms with Gasteiger partial charge in [-0.25, -0.2) is 4.98 Å². The molecule has 0 atom stereocenters. The van der Waals surface area contributed by atoms with Crippen LogP contribution < -0.4 is 16.6 Å². The fraction of sp³-hybridized carbons (Fsp3) is 0.0625. The Kier molecular flexibility index (Phi) is 3.99. The van der Waals surface area contributed by atoms with E-state index in [0.29, 0.717) is 28.7 Å². The zero-order valence-electron chi connectivity index (χ0n) is 12.0. The smallest absolute Gasteiger partial charge is 0.259 e. The Morgan fingerprint density at radius 1 is 1.30 bits per heavy atom. The quantitative estimate of drug-likeness (QED) is 0.639. The van der Waals surface area contributed by atoms with Crippen LogP contribution in [0.25, 0.3) is 10.8 Å². The Balaban J connectivity index is 1.95. The van der Waals surface area contributed by atoms with Gasteiger partial charge in [-0.1, -0.05) is 23.7 Å². The van der Waals surface area contributed by atoms with Gasteiger partial charge in [-0.3, -0.25) is 9.59 Å². The van der Waals surface area contributed by atoms with Crippen LogP contribution >= 0.6 is 11.6 Å². The minimum absolute atomic E-state index is 0.250. The van der Waals surface area contributed by atoms with Crippen LogP contribution in [0.15, 0.2) is 47.4 Å². The lowest BCUT2D eigenvalue weighted by molar-refractivity contribution is 0.1000. The van der Waals surface area contributed by atoms with Crippen molar-refractivity contribution < 1.29 is 4.79 Å². The highest BCUT2D eigenvalue weighted by atomic mass is 35.5. The van der Waals surface area contributed by atoms with E-state index >= 15 is 0 Å². The number of primary amides is 1. The molecule has 7 heteroatoms. The molecule has 0 radical (unpaired) electrons. The van der Waals surface area contributed by atoms with E-state index in [9.17, 15) is 9.59 Å². The third kappa shape index (κ3) is 3.17. The molecule has 0 unspecified atom stereocenters. The third-order valence-corrected chi connectivity index (χ3v) is 3.59. The van der Waals surface area contributed by atoms with Crippen LogP contribution in [0.1, 0.15) is 15.9 Å². The summed E-state index contributed by atoms with van der Waals surface area (Å²) in [5.41, 5.74) is 6.28. The molecule has 2 aromatic heterocycles. The van der Waals surface area contributed by atoms with E-state index in [-0.39, 0.29) is 10.7 Å². The summed E-state index contributed by atoms with van der Waals surface area (Å²) >= 11 is 6.00. The molecule has 0 bridgehead atoms. The van der Waals surface area contributed by atoms with Crippen molar-refractivity contribution in [2.75, 3.05) is 5.32 Å². The fourth-order valence-corrected chi connectivity index (χ4v) is 2.53. The standard InChI is InChI=1S/C16H13ClN4O2/c17-12-7-10-4-5-19-16(23)13(10)15(21-12)20-8-9-2-1-3-11(6-9)14(18)22/h1-7H,8H2,(H2,18,22)(H,19,23)(H,20,21). The first-order chi connectivity index (χ1) is 11.0. The Labute approximate surface area is 136 Å². The number of carbonyl (C=O) groups is 1. The first kappa shape index (κ1) is 15.1. The molecular weight excluding hydrogens is 316 g/mol. The molecule has 0 aliphatic heterocycles. The molecule has 0 saturated heterocycles. The van der Waals surface area contributed by atoms with E-state index in [2.05, 4.69) is 15.3 Å². The van der Waals surface area contributed by atoms with Crippen molar-refractivity contribution in [1.82, 2.24) is 9.97 Å². The number of nitrogens with one attached hydrogen (secondary N) is 2. The second kappa shape index (κ2) is 6.10. The maximum absolute atomic E-state index is 12.0. The van der Waals surface area contributed by atoms with Gasteiger partial charge in [0.1, 0.15) is 11.0 Å². The average Bonchev–Trinajstić information content (AvgIpc) is 2.52. The number of pyridine rings is 2. The van der Waals surface area contributed by atoms with Crippen molar-refractivity contribution in [1.29, 1.82) is 0 Å². The van der Waals surface area contributed by atoms with E-state index in [4.69, 9.17) is 17.3 Å². The number of anilines is 1. The number of nitrogens with two attached hydrogens (primary N) is 1. The molecule has 0 spiro atoms. The van der Waals surface area contributed by atoms with Gasteiger partial charge in [0.05, 0.1) is 5.39 Å². The Hall–Kier alpha value is -2.86. The molecule has 6 nitrogen and oxygen atoms in total. The van der Waals surface area contributed by atoms with E-state index in [1.807, 2.05) is 6.07 Å². The monoisotopic (exact) mass is 328 g/mol. The highest BCUT2D eigenvalue weighted by Gasteiger charge is 2.09. The predicted molar refractivity (Wildman–Crippen MR) is 89.7 cm³/mol. The lowest BCUT2D eigenvalue weighted by atomic mass is 10.1. The first-order valence-corrected chi connectivity index (χ1v) is 7.23. The van der Waals surface area contributed by atoms with Crippen LogP contribution in [0, 0.1) is 0 Å². The van der Waals surface area contributed by atoms with E-state index in [1.165, 1.54) is 0 Å². The maximum Gasteiger partial charge on any atom is 0.259 e. The number of aromatic nitrogens is 2. The summed E-state index contributed by atoms with van der Waals surface area (Å²) in [4.78, 5) is 30.0. The van der Waals surface area contributed by atoms with E-state index in [0.717, 1.165) is 5.56 Å². The number of halogens is 1. The van der Waals surface area contributed by atoms with Crippen molar-refractivity contribution in [3.05, 3.63) is 69.2 Å². The summed E-state index contributed by atoms with van der Waals surface area (Å²) in [6, 6.07) is 10.3. The molecule has 4 N–H and O–H groups in total. The zero-order valence-corrected chi connectivity index (χ0v) is 12.7. The van der Waals surface area contributed by atoms with Crippen LogP contribution in [-0.2, 0) is 6.54 Å². The predicted octanol–water partition coefficient (Wildman–Crippen LogP) is 2.29. The summed E-state index contributed by atoms with van der Waals surface area (Å²) in [5, 5.41) is 4.50. The molecule has 2 heterocycles. The minimum Gasteiger partial charge on any atom is -0.366 e. The van der Waals surface area contributed by atoms with Gasteiger partial charge in [-0.05, 0) is 35.2 Å². The highest BCUT2D eigenvalue weighted by molar-refractivity contribution is 6.30. The lowest BCUT2D eigenvalue weighted by Gasteiger charge is -2.09. The number of hydrogen-bond acceptors (Lipinski definition) is 4. The van der Waals surface area contributed by atoms with Gasteiger partial charge < -0.3 is 16.0 Å². The Morgan fingerprint density at radius 3 is 2.91 bits per heavy atom. The molecule has 1 amide bonds. The second-order valence-corrected chi connectivity index (χ2v) is 5.37. The topological polar surface area (TPSA) is 101 Å². The summed E-state index contributed by atoms with van der Waals surface area (Å²) in [5.74, 6) is -0.103. The molecule has 0 aliphatic rings. The van der Waals surface area contributed by atoms with Crippen molar-refractivity contribution in [3.8, 4) is 0 Å². The van der Waals surface area contributed by atoms with E-state index in [1.54, 1.807) is 36.5 Å². The number of carbonyl (C=O) groups excluding carboxylic acids is 1. The largest absolute Gasteiger partial charge is 0.366 e. The van der Waals surface area contributed by atoms with Gasteiger partial charge in [0, 0.05) is 18.3 Å². The number of amides is 1. The van der Waals surface area contributed by atoms with Gasteiger partial charge in [0.15, 0.2) is 0 Å². The molecule has 0 fully saturated rings. The molecule has 23 heavy (non-hydrogen) atoms. The number of nitrogens with zero attached hydrogens (tertiary/aromatic N) is 1. The van der Waals surface area contributed by atoms with Crippen molar-refractivity contribution >= 4 is 34.1 Å². The first-order valence-electron chi connectivity index (χ1n) is 6.85. The number of rotatable bonds is 4. The number of hydrogen-bond donors (Lipinski definition) is 3. The number of fused-ring (bicyclic) bond motifs is 1. The summed E-state index contributed by atoms with van der Waals surface area (Å²) in [6.07, 6.45) is 1.56. The van der Waals surface area contributed by atoms with Crippen molar-refractivity contribution in [2.24, 2.45) is 5.73 Å². The third-order valence-electron chi connectivity index (χ3n) is 3.39. The normalized spacial score (nSPS) is 10.7. The van der Waals surface area contributed by atoms with Crippen molar-refractivity contribution in [2.45, 2.75) is 6.54 Å². The fourth-order valence-electron chi connectivity index (χ4n) is 2.33. The summed E-state index contributed by atoms with van der Waals surface area (Å²) < 4.78 is 0. The van der Waals surface area contributed by atoms with Crippen LogP contribution in [-0.4, -0.2) is 15.9 Å². The Morgan fingerprint density at radius 2 is 2.13 bits per heavy atom. The zero-order chi connectivity index (χ0) is 16.4. The van der Waals surface area contributed by atoms with Gasteiger partial charge in [0.25, 0.3) is 5.56 Å². The summed E-state index contributed by atoms with van der Waals surface area (Å²) in [6.45, 7) is 0.373. The number of aromatic amines is 1. The van der Waals surface area contributed by atoms with E-state index < -0.39 is 5.91 Å². The lowest BCUT2D eigenvalue weighted by Crippen LogP contribution is -2.12. The van der Waals surface area contributed by atoms with Gasteiger partial charge in [-0.15, -0.1) is 0 Å². The van der Waals surface area contributed by atoms with Crippen LogP contribution in [0.5, 0.6) is 0 Å². The molecule has 116 valence electrons. The molecular formula is C16H13ClN4O2. The maximum atomic E-state index is 12.0. The Bertz CT molecular complexity index is 952. The van der Waals surface area contributed by atoms with Gasteiger partial charge >= 0.3 is 0 Å². The average molecular weight is 329 g/mol. The molecule has 0 aliphatic carbocycles.